The molecule has 0 saturated heterocycles. The van der Waals surface area contributed by atoms with Gasteiger partial charge in [-0.05, 0) is 42.0 Å². The van der Waals surface area contributed by atoms with Crippen molar-refractivity contribution in [2.75, 3.05) is 10.6 Å². The fourth-order valence-electron chi connectivity index (χ4n) is 2.16. The Kier molecular flexibility index (Phi) is 4.81. The Bertz CT molecular complexity index is 802. The second-order valence-electron chi connectivity index (χ2n) is 5.23. The quantitative estimate of drug-likeness (QED) is 0.744. The number of hydrogen-bond donors (Lipinski definition) is 2. The zero-order chi connectivity index (χ0) is 16.8. The fraction of sp³-hybridized carbons (Fsp3) is 0.0526. The van der Waals surface area contributed by atoms with Crippen molar-refractivity contribution in [1.82, 2.24) is 4.98 Å². The predicted octanol–water partition coefficient (Wildman–Crippen LogP) is 4.09. The van der Waals surface area contributed by atoms with Crippen LogP contribution in [0.2, 0.25) is 0 Å². The van der Waals surface area contributed by atoms with Gasteiger partial charge in [0.1, 0.15) is 11.6 Å². The minimum Gasteiger partial charge on any atom is -0.366 e. The Morgan fingerprint density at radius 3 is 2.38 bits per heavy atom. The molecule has 0 fully saturated rings. The number of carbonyl (C=O) groups excluding carboxylic acids is 1. The molecule has 0 aliphatic carbocycles. The third-order valence-electron chi connectivity index (χ3n) is 3.44. The van der Waals surface area contributed by atoms with E-state index in [0.29, 0.717) is 23.6 Å². The number of halogens is 1. The molecule has 0 spiro atoms. The Morgan fingerprint density at radius 2 is 1.71 bits per heavy atom. The van der Waals surface area contributed by atoms with Crippen molar-refractivity contribution in [1.29, 1.82) is 0 Å². The molecule has 5 heteroatoms. The molecule has 2 N–H and O–H groups in total. The number of anilines is 2. The maximum absolute atomic E-state index is 12.9. The van der Waals surface area contributed by atoms with Crippen LogP contribution in [0, 0.1) is 5.82 Å². The normalized spacial score (nSPS) is 10.2. The van der Waals surface area contributed by atoms with Crippen LogP contribution in [0.5, 0.6) is 0 Å². The molecule has 0 radical (unpaired) electrons. The van der Waals surface area contributed by atoms with E-state index in [1.54, 1.807) is 42.6 Å². The molecule has 120 valence electrons. The van der Waals surface area contributed by atoms with Crippen LogP contribution in [0.1, 0.15) is 15.9 Å². The molecule has 2 aromatic carbocycles. The maximum atomic E-state index is 12.9. The maximum Gasteiger partial charge on any atom is 0.255 e. The van der Waals surface area contributed by atoms with E-state index in [0.717, 1.165) is 5.56 Å². The molecule has 24 heavy (non-hydrogen) atoms. The zero-order valence-corrected chi connectivity index (χ0v) is 12.9. The highest BCUT2D eigenvalue weighted by atomic mass is 19.1. The third kappa shape index (κ3) is 4.16. The van der Waals surface area contributed by atoms with Crippen LogP contribution in [0.25, 0.3) is 0 Å². The molecule has 3 rings (SSSR count). The van der Waals surface area contributed by atoms with E-state index in [1.807, 2.05) is 18.2 Å². The second-order valence-corrected chi connectivity index (χ2v) is 5.23. The first-order valence-corrected chi connectivity index (χ1v) is 7.51. The van der Waals surface area contributed by atoms with Gasteiger partial charge >= 0.3 is 0 Å². The molecular formula is C19H16FN3O. The van der Waals surface area contributed by atoms with Gasteiger partial charge in [-0.1, -0.05) is 30.3 Å². The SMILES string of the molecule is O=C(Nc1ccc(NCc2ccc(F)cc2)nc1)c1ccccc1. The summed E-state index contributed by atoms with van der Waals surface area (Å²) in [5.41, 5.74) is 2.17. The molecule has 0 aliphatic rings. The van der Waals surface area contributed by atoms with Crippen LogP contribution >= 0.6 is 0 Å². The van der Waals surface area contributed by atoms with Crippen molar-refractivity contribution >= 4 is 17.4 Å². The summed E-state index contributed by atoms with van der Waals surface area (Å²) in [7, 11) is 0. The molecule has 0 bridgehead atoms. The standard InChI is InChI=1S/C19H16FN3O/c20-16-8-6-14(7-9-16)12-21-18-11-10-17(13-22-18)23-19(24)15-4-2-1-3-5-15/h1-11,13H,12H2,(H,21,22)(H,23,24). The lowest BCUT2D eigenvalue weighted by molar-refractivity contribution is 0.102. The highest BCUT2D eigenvalue weighted by Gasteiger charge is 2.05. The fourth-order valence-corrected chi connectivity index (χ4v) is 2.16. The second kappa shape index (κ2) is 7.37. The van der Waals surface area contributed by atoms with Crippen molar-refractivity contribution in [2.45, 2.75) is 6.54 Å². The first-order valence-electron chi connectivity index (χ1n) is 7.51. The van der Waals surface area contributed by atoms with E-state index in [2.05, 4.69) is 15.6 Å². The number of amides is 1. The number of pyridine rings is 1. The number of benzene rings is 2. The van der Waals surface area contributed by atoms with Gasteiger partial charge in [-0.25, -0.2) is 9.37 Å². The smallest absolute Gasteiger partial charge is 0.255 e. The summed E-state index contributed by atoms with van der Waals surface area (Å²) in [6.45, 7) is 0.545. The van der Waals surface area contributed by atoms with Crippen molar-refractivity contribution in [3.8, 4) is 0 Å². The van der Waals surface area contributed by atoms with E-state index in [4.69, 9.17) is 0 Å². The number of nitrogens with one attached hydrogen (secondary N) is 2. The van der Waals surface area contributed by atoms with Crippen molar-refractivity contribution in [2.24, 2.45) is 0 Å². The van der Waals surface area contributed by atoms with Gasteiger partial charge in [0.15, 0.2) is 0 Å². The van der Waals surface area contributed by atoms with Gasteiger partial charge in [-0.15, -0.1) is 0 Å². The lowest BCUT2D eigenvalue weighted by Crippen LogP contribution is -2.12. The third-order valence-corrected chi connectivity index (χ3v) is 3.44. The number of rotatable bonds is 5. The number of nitrogens with zero attached hydrogens (tertiary/aromatic N) is 1. The molecule has 1 amide bonds. The van der Waals surface area contributed by atoms with Crippen molar-refractivity contribution in [3.05, 3.63) is 89.9 Å². The van der Waals surface area contributed by atoms with Crippen LogP contribution in [-0.4, -0.2) is 10.9 Å². The minimum atomic E-state index is -0.254. The van der Waals surface area contributed by atoms with Gasteiger partial charge in [0.25, 0.3) is 5.91 Å². The molecule has 1 aromatic heterocycles. The van der Waals surface area contributed by atoms with Crippen molar-refractivity contribution < 1.29 is 9.18 Å². The Morgan fingerprint density at radius 1 is 0.958 bits per heavy atom. The van der Waals surface area contributed by atoms with E-state index < -0.39 is 0 Å². The van der Waals surface area contributed by atoms with Gasteiger partial charge in [-0.3, -0.25) is 4.79 Å². The summed E-state index contributed by atoms with van der Waals surface area (Å²) >= 11 is 0. The van der Waals surface area contributed by atoms with Crippen LogP contribution < -0.4 is 10.6 Å². The predicted molar refractivity (Wildman–Crippen MR) is 92.4 cm³/mol. The first kappa shape index (κ1) is 15.7. The largest absolute Gasteiger partial charge is 0.366 e. The van der Waals surface area contributed by atoms with Gasteiger partial charge in [0.05, 0.1) is 11.9 Å². The van der Waals surface area contributed by atoms with Gasteiger partial charge in [0.2, 0.25) is 0 Å². The summed E-state index contributed by atoms with van der Waals surface area (Å²) < 4.78 is 12.9. The van der Waals surface area contributed by atoms with E-state index >= 15 is 0 Å². The Labute approximate surface area is 139 Å². The van der Waals surface area contributed by atoms with Gasteiger partial charge in [-0.2, -0.15) is 0 Å². The van der Waals surface area contributed by atoms with E-state index in [1.165, 1.54) is 12.1 Å². The number of carbonyl (C=O) groups is 1. The van der Waals surface area contributed by atoms with Crippen LogP contribution in [0.3, 0.4) is 0 Å². The highest BCUT2D eigenvalue weighted by Crippen LogP contribution is 2.13. The lowest BCUT2D eigenvalue weighted by atomic mass is 10.2. The first-order chi connectivity index (χ1) is 11.7. The monoisotopic (exact) mass is 321 g/mol. The molecule has 0 unspecified atom stereocenters. The highest BCUT2D eigenvalue weighted by molar-refractivity contribution is 6.04. The van der Waals surface area contributed by atoms with Gasteiger partial charge in [0, 0.05) is 12.1 Å². The molecule has 0 saturated carbocycles. The summed E-state index contributed by atoms with van der Waals surface area (Å²) in [6.07, 6.45) is 1.59. The van der Waals surface area contributed by atoms with E-state index in [9.17, 15) is 9.18 Å². The molecular weight excluding hydrogens is 305 g/mol. The molecule has 3 aromatic rings. The summed E-state index contributed by atoms with van der Waals surface area (Å²) in [6, 6.07) is 18.8. The molecule has 0 aliphatic heterocycles. The Balaban J connectivity index is 1.57. The minimum absolute atomic E-state index is 0.176. The summed E-state index contributed by atoms with van der Waals surface area (Å²) in [4.78, 5) is 16.3. The number of hydrogen-bond acceptors (Lipinski definition) is 3. The average Bonchev–Trinajstić information content (AvgIpc) is 2.63. The molecule has 4 nitrogen and oxygen atoms in total. The summed E-state index contributed by atoms with van der Waals surface area (Å²) in [5, 5.41) is 5.94. The molecule has 1 heterocycles. The Hall–Kier alpha value is -3.21. The van der Waals surface area contributed by atoms with Gasteiger partial charge < -0.3 is 10.6 Å². The zero-order valence-electron chi connectivity index (χ0n) is 12.9. The van der Waals surface area contributed by atoms with E-state index in [-0.39, 0.29) is 11.7 Å². The van der Waals surface area contributed by atoms with Crippen LogP contribution in [-0.2, 0) is 6.54 Å². The van der Waals surface area contributed by atoms with Crippen LogP contribution in [0.15, 0.2) is 72.9 Å². The summed E-state index contributed by atoms with van der Waals surface area (Å²) in [5.74, 6) is 0.247. The molecule has 0 atom stereocenters. The van der Waals surface area contributed by atoms with Crippen molar-refractivity contribution in [3.63, 3.8) is 0 Å². The average molecular weight is 321 g/mol. The lowest BCUT2D eigenvalue weighted by Gasteiger charge is -2.08. The van der Waals surface area contributed by atoms with Crippen LogP contribution in [0.4, 0.5) is 15.9 Å². The number of aromatic nitrogens is 1. The topological polar surface area (TPSA) is 54.0 Å².